The first-order valence-electron chi connectivity index (χ1n) is 19.0. The van der Waals surface area contributed by atoms with E-state index in [1.54, 1.807) is 31.4 Å². The Morgan fingerprint density at radius 3 is 2.15 bits per heavy atom. The van der Waals surface area contributed by atoms with Crippen molar-refractivity contribution in [3.8, 4) is 0 Å². The quantitative estimate of drug-likeness (QED) is 0.117. The Morgan fingerprint density at radius 1 is 0.887 bits per heavy atom. The van der Waals surface area contributed by atoms with Gasteiger partial charge in [-0.15, -0.1) is 0 Å². The largest absolute Gasteiger partial charge is 0.407 e. The summed E-state index contributed by atoms with van der Waals surface area (Å²) >= 11 is 0. The van der Waals surface area contributed by atoms with Gasteiger partial charge >= 0.3 is 0 Å². The molecule has 0 bridgehead atoms. The first-order chi connectivity index (χ1) is 25.4. The molecule has 4 heterocycles. The van der Waals surface area contributed by atoms with Gasteiger partial charge in [0.2, 0.25) is 0 Å². The molecule has 8 atom stereocenters. The predicted molar refractivity (Wildman–Crippen MR) is 208 cm³/mol. The van der Waals surface area contributed by atoms with Gasteiger partial charge in [-0.2, -0.15) is 0 Å². The molecule has 1 unspecified atom stereocenters. The molecule has 2 spiro atoms. The molecule has 3 aromatic rings. The lowest BCUT2D eigenvalue weighted by molar-refractivity contribution is -0.354. The minimum absolute atomic E-state index is 0.0800. The highest BCUT2D eigenvalue weighted by molar-refractivity contribution is 7.92. The second kappa shape index (κ2) is 15.3. The van der Waals surface area contributed by atoms with Crippen molar-refractivity contribution in [2.24, 2.45) is 5.92 Å². The molecule has 284 valence electrons. The molecule has 0 N–H and O–H groups in total. The van der Waals surface area contributed by atoms with E-state index < -0.39 is 41.3 Å². The van der Waals surface area contributed by atoms with Gasteiger partial charge in [-0.05, 0) is 59.3 Å². The van der Waals surface area contributed by atoms with Gasteiger partial charge in [0.05, 0.1) is 23.2 Å². The summed E-state index contributed by atoms with van der Waals surface area (Å²) in [7, 11) is -4.86. The molecule has 7 rings (SSSR count). The van der Waals surface area contributed by atoms with Gasteiger partial charge in [-0.3, -0.25) is 0 Å². The van der Waals surface area contributed by atoms with Crippen LogP contribution in [0.2, 0.25) is 5.04 Å². The zero-order valence-corrected chi connectivity index (χ0v) is 33.4. The van der Waals surface area contributed by atoms with E-state index in [4.69, 9.17) is 28.1 Å². The van der Waals surface area contributed by atoms with E-state index in [1.165, 1.54) is 10.4 Å². The van der Waals surface area contributed by atoms with Crippen LogP contribution in [0, 0.1) is 5.92 Å². The molecule has 3 aromatic carbocycles. The van der Waals surface area contributed by atoms with Crippen LogP contribution < -0.4 is 10.4 Å². The van der Waals surface area contributed by atoms with Crippen molar-refractivity contribution in [3.63, 3.8) is 0 Å². The molecule has 4 aliphatic rings. The van der Waals surface area contributed by atoms with Crippen LogP contribution in [-0.2, 0) is 37.9 Å². The number of ether oxygens (including phenoxy) is 5. The van der Waals surface area contributed by atoms with E-state index in [2.05, 4.69) is 93.6 Å². The van der Waals surface area contributed by atoms with E-state index in [9.17, 15) is 8.42 Å². The van der Waals surface area contributed by atoms with Crippen molar-refractivity contribution < 1.29 is 36.5 Å². The summed E-state index contributed by atoms with van der Waals surface area (Å²) in [6, 6.07) is 30.0. The first-order valence-corrected chi connectivity index (χ1v) is 22.5. The smallest absolute Gasteiger partial charge is 0.261 e. The van der Waals surface area contributed by atoms with Crippen molar-refractivity contribution in [3.05, 3.63) is 115 Å². The highest BCUT2D eigenvalue weighted by atomic mass is 32.2. The molecule has 3 saturated heterocycles. The van der Waals surface area contributed by atoms with Crippen molar-refractivity contribution in [2.75, 3.05) is 13.7 Å². The van der Waals surface area contributed by atoms with E-state index >= 15 is 0 Å². The number of fused-ring (bicyclic) bond motifs is 1. The van der Waals surface area contributed by atoms with Crippen LogP contribution in [0.5, 0.6) is 0 Å². The molecule has 53 heavy (non-hydrogen) atoms. The number of benzene rings is 3. The SMILES string of the molecule is CO[C@H]1C[C@@H]2O[C@]3(O[C@@]4(C=CC[C@@H](/C=C/CCCO[Si](c5ccccc5)(c5ccccc5)C(C)(C)C)O4)C[C@@H]3S(=O)(=O)c3ccccc3)C(C)C[C@@H]2O1. The molecule has 0 amide bonds. The highest BCUT2D eigenvalue weighted by Gasteiger charge is 2.68. The minimum atomic E-state index is -3.88. The Balaban J connectivity index is 1.06. The average Bonchev–Trinajstić information content (AvgIpc) is 3.70. The van der Waals surface area contributed by atoms with Crippen LogP contribution in [0.1, 0.15) is 66.2 Å². The van der Waals surface area contributed by atoms with Gasteiger partial charge in [0.15, 0.2) is 27.7 Å². The van der Waals surface area contributed by atoms with Crippen LogP contribution in [0.3, 0.4) is 0 Å². The molecule has 8 nitrogen and oxygen atoms in total. The zero-order chi connectivity index (χ0) is 37.3. The summed E-state index contributed by atoms with van der Waals surface area (Å²) in [6.45, 7) is 9.50. The average molecular weight is 759 g/mol. The number of hydrogen-bond donors (Lipinski definition) is 0. The van der Waals surface area contributed by atoms with Crippen molar-refractivity contribution in [1.29, 1.82) is 0 Å². The number of methoxy groups -OCH3 is 1. The zero-order valence-electron chi connectivity index (χ0n) is 31.6. The normalized spacial score (nSPS) is 31.8. The Morgan fingerprint density at radius 2 is 1.53 bits per heavy atom. The Kier molecular flexibility index (Phi) is 11.1. The lowest BCUT2D eigenvalue weighted by Crippen LogP contribution is -2.66. The molecule has 0 aromatic heterocycles. The Labute approximate surface area is 316 Å². The third-order valence-electron chi connectivity index (χ3n) is 11.4. The molecular weight excluding hydrogens is 705 g/mol. The fourth-order valence-corrected chi connectivity index (χ4v) is 15.6. The van der Waals surface area contributed by atoms with Gasteiger partial charge < -0.3 is 28.1 Å². The van der Waals surface area contributed by atoms with E-state index in [0.717, 1.165) is 12.8 Å². The van der Waals surface area contributed by atoms with E-state index in [-0.39, 0.29) is 40.6 Å². The van der Waals surface area contributed by atoms with Crippen molar-refractivity contribution >= 4 is 28.5 Å². The maximum Gasteiger partial charge on any atom is 0.261 e. The fraction of sp³-hybridized carbons (Fsp3) is 0.488. The monoisotopic (exact) mass is 758 g/mol. The lowest BCUT2D eigenvalue weighted by Gasteiger charge is -2.47. The third kappa shape index (κ3) is 7.29. The lowest BCUT2D eigenvalue weighted by atomic mass is 9.86. The van der Waals surface area contributed by atoms with Crippen LogP contribution >= 0.6 is 0 Å². The summed E-state index contributed by atoms with van der Waals surface area (Å²) in [5.41, 5.74) is 0. The summed E-state index contributed by atoms with van der Waals surface area (Å²) in [6.07, 6.45) is 10.5. The standard InChI is InChI=1S/C43H54O8SSi/c1-32-29-37-38(30-40(46-5)48-37)50-43(32)39(52(44,45)34-21-11-6-12-22-34)31-42(51-43)27-18-20-33(49-42)19-10-9-17-28-47-53(41(2,3)4,35-23-13-7-14-24-35)36-25-15-8-16-26-36/h6-8,10-16,18-19,21-27,32-33,37-40H,9,17,20,28-31H2,1-5H3/b19-10+/t32?,33-,37+,38+,39+,40-,42+,43+/m1/s1. The molecular formula is C43H54O8SSi. The summed E-state index contributed by atoms with van der Waals surface area (Å²) in [5.74, 6) is -2.96. The number of rotatable bonds is 11. The summed E-state index contributed by atoms with van der Waals surface area (Å²) in [5, 5.41) is 1.48. The van der Waals surface area contributed by atoms with Crippen LogP contribution in [-0.4, -0.2) is 71.9 Å². The second-order valence-electron chi connectivity index (χ2n) is 15.9. The van der Waals surface area contributed by atoms with E-state index in [1.807, 2.05) is 25.1 Å². The Bertz CT molecular complexity index is 1810. The molecule has 3 fully saturated rings. The number of sulfone groups is 1. The van der Waals surface area contributed by atoms with Crippen molar-refractivity contribution in [2.45, 2.75) is 118 Å². The molecule has 0 aliphatic carbocycles. The van der Waals surface area contributed by atoms with E-state index in [0.29, 0.717) is 25.9 Å². The summed E-state index contributed by atoms with van der Waals surface area (Å²) in [4.78, 5) is 0.247. The molecule has 10 heteroatoms. The van der Waals surface area contributed by atoms with Crippen molar-refractivity contribution in [1.82, 2.24) is 0 Å². The van der Waals surface area contributed by atoms with Gasteiger partial charge in [0.25, 0.3) is 8.32 Å². The van der Waals surface area contributed by atoms with Crippen LogP contribution in [0.15, 0.2) is 120 Å². The highest BCUT2D eigenvalue weighted by Crippen LogP contribution is 2.55. The molecule has 0 radical (unpaired) electrons. The predicted octanol–water partition coefficient (Wildman–Crippen LogP) is 7.09. The number of allylic oxidation sites excluding steroid dienone is 1. The Hall–Kier alpha value is -2.93. The topological polar surface area (TPSA) is 89.5 Å². The number of unbranched alkanes of at least 4 members (excludes halogenated alkanes) is 1. The maximum absolute atomic E-state index is 14.4. The van der Waals surface area contributed by atoms with Crippen LogP contribution in [0.25, 0.3) is 0 Å². The van der Waals surface area contributed by atoms with Gasteiger partial charge in [0.1, 0.15) is 5.25 Å². The first kappa shape index (κ1) is 38.3. The third-order valence-corrected chi connectivity index (χ3v) is 18.6. The van der Waals surface area contributed by atoms with Gasteiger partial charge in [0, 0.05) is 32.5 Å². The number of hydrogen-bond acceptors (Lipinski definition) is 8. The second-order valence-corrected chi connectivity index (χ2v) is 22.4. The van der Waals surface area contributed by atoms with Gasteiger partial charge in [-0.25, -0.2) is 8.42 Å². The minimum Gasteiger partial charge on any atom is -0.407 e. The molecule has 0 saturated carbocycles. The summed E-state index contributed by atoms with van der Waals surface area (Å²) < 4.78 is 68.0. The molecule has 4 aliphatic heterocycles. The van der Waals surface area contributed by atoms with Gasteiger partial charge in [-0.1, -0.05) is 125 Å². The van der Waals surface area contributed by atoms with Crippen LogP contribution in [0.4, 0.5) is 0 Å². The fourth-order valence-electron chi connectivity index (χ4n) is 8.88. The maximum atomic E-state index is 14.4.